The van der Waals surface area contributed by atoms with Crippen LogP contribution < -0.4 is 0 Å². The molecule has 1 aromatic rings. The van der Waals surface area contributed by atoms with Crippen molar-refractivity contribution >= 4 is 33.7 Å². The molecule has 0 aliphatic rings. The molecule has 1 aromatic carbocycles. The minimum Gasteiger partial charge on any atom is -0.466 e. The van der Waals surface area contributed by atoms with Crippen LogP contribution in [0.4, 0.5) is 13.2 Å². The zero-order valence-electron chi connectivity index (χ0n) is 10.3. The van der Waals surface area contributed by atoms with Gasteiger partial charge >= 0.3 is 11.5 Å². The predicted molar refractivity (Wildman–Crippen MR) is 71.1 cm³/mol. The van der Waals surface area contributed by atoms with E-state index in [1.165, 1.54) is 12.1 Å². The molecule has 0 saturated carbocycles. The molecule has 1 rings (SSSR count). The number of alkyl halides is 3. The summed E-state index contributed by atoms with van der Waals surface area (Å²) in [5.74, 6) is -0.593. The molecule has 0 N–H and O–H groups in total. The number of halogens is 4. The van der Waals surface area contributed by atoms with Crippen molar-refractivity contribution in [2.75, 3.05) is 6.61 Å². The summed E-state index contributed by atoms with van der Waals surface area (Å²) < 4.78 is 42.4. The molecule has 0 unspecified atom stereocenters. The quantitative estimate of drug-likeness (QED) is 0.595. The lowest BCUT2D eigenvalue weighted by molar-refractivity contribution is -0.142. The van der Waals surface area contributed by atoms with Crippen molar-refractivity contribution < 1.29 is 22.7 Å². The van der Waals surface area contributed by atoms with Gasteiger partial charge < -0.3 is 4.74 Å². The highest BCUT2D eigenvalue weighted by molar-refractivity contribution is 9.10. The molecule has 0 amide bonds. The minimum absolute atomic E-state index is 0.163. The average molecular weight is 368 g/mol. The Labute approximate surface area is 126 Å². The Morgan fingerprint density at radius 3 is 2.65 bits per heavy atom. The summed E-state index contributed by atoms with van der Waals surface area (Å²) >= 11 is 2.69. The molecule has 8 heteroatoms. The van der Waals surface area contributed by atoms with E-state index in [9.17, 15) is 18.0 Å². The van der Waals surface area contributed by atoms with Crippen LogP contribution in [-0.4, -0.2) is 18.1 Å². The first-order chi connectivity index (χ1) is 9.26. The fourth-order valence-electron chi connectivity index (χ4n) is 1.47. The van der Waals surface area contributed by atoms with Gasteiger partial charge in [0, 0.05) is 9.37 Å². The zero-order chi connectivity index (χ0) is 15.3. The molecule has 108 valence electrons. The van der Waals surface area contributed by atoms with E-state index < -0.39 is 11.5 Å². The average Bonchev–Trinajstić information content (AvgIpc) is 2.26. The van der Waals surface area contributed by atoms with E-state index in [4.69, 9.17) is 10.00 Å². The summed E-state index contributed by atoms with van der Waals surface area (Å²) in [6.07, 6.45) is -0.248. The van der Waals surface area contributed by atoms with E-state index in [0.29, 0.717) is 4.47 Å². The molecular weight excluding hydrogens is 359 g/mol. The van der Waals surface area contributed by atoms with Gasteiger partial charge in [0.1, 0.15) is 6.07 Å². The second kappa shape index (κ2) is 6.99. The summed E-state index contributed by atoms with van der Waals surface area (Å²) in [5, 5.41) is 9.03. The van der Waals surface area contributed by atoms with Crippen LogP contribution in [0, 0.1) is 11.3 Å². The van der Waals surface area contributed by atoms with Crippen LogP contribution in [0.5, 0.6) is 0 Å². The third-order valence-electron chi connectivity index (χ3n) is 2.13. The number of nitrogens with zero attached hydrogens (tertiary/aromatic N) is 1. The lowest BCUT2D eigenvalue weighted by Gasteiger charge is -2.11. The summed E-state index contributed by atoms with van der Waals surface area (Å²) in [7, 11) is 0. The zero-order valence-corrected chi connectivity index (χ0v) is 12.7. The number of ether oxygens (including phenoxy) is 1. The Balaban J connectivity index is 3.18. The number of nitriles is 1. The van der Waals surface area contributed by atoms with Crippen LogP contribution in [0.3, 0.4) is 0 Å². The van der Waals surface area contributed by atoms with E-state index >= 15 is 0 Å². The van der Waals surface area contributed by atoms with Crippen molar-refractivity contribution in [1.29, 1.82) is 5.26 Å². The Kier molecular flexibility index (Phi) is 5.89. The van der Waals surface area contributed by atoms with E-state index in [-0.39, 0.29) is 40.8 Å². The monoisotopic (exact) mass is 367 g/mol. The normalized spacial score (nSPS) is 11.0. The Morgan fingerprint density at radius 2 is 2.15 bits per heavy atom. The van der Waals surface area contributed by atoms with Crippen LogP contribution in [0.2, 0.25) is 0 Å². The van der Waals surface area contributed by atoms with Gasteiger partial charge in [-0.25, -0.2) is 0 Å². The molecule has 0 aliphatic carbocycles. The smallest absolute Gasteiger partial charge is 0.446 e. The maximum atomic E-state index is 12.5. The maximum Gasteiger partial charge on any atom is 0.446 e. The largest absolute Gasteiger partial charge is 0.466 e. The standard InChI is InChI=1S/C12H9BrF3NO2S/c1-2-19-11(18)4-7-3-8(13)5-10(9(7)6-17)20-12(14,15)16/h3,5H,2,4H2,1H3. The van der Waals surface area contributed by atoms with Gasteiger partial charge in [-0.1, -0.05) is 15.9 Å². The van der Waals surface area contributed by atoms with Crippen molar-refractivity contribution in [3.05, 3.63) is 27.7 Å². The molecule has 0 bridgehead atoms. The predicted octanol–water partition coefficient (Wildman–Crippen LogP) is 4.04. The molecule has 20 heavy (non-hydrogen) atoms. The van der Waals surface area contributed by atoms with Crippen LogP contribution >= 0.6 is 27.7 Å². The number of carbonyl (C=O) groups is 1. The third kappa shape index (κ3) is 5.06. The SMILES string of the molecule is CCOC(=O)Cc1cc(Br)cc(SC(F)(F)F)c1C#N. The summed E-state index contributed by atoms with van der Waals surface area (Å²) in [6, 6.07) is 4.35. The first-order valence-corrected chi connectivity index (χ1v) is 7.01. The summed E-state index contributed by atoms with van der Waals surface area (Å²) in [6.45, 7) is 1.79. The molecule has 0 atom stereocenters. The van der Waals surface area contributed by atoms with Gasteiger partial charge in [0.15, 0.2) is 0 Å². The second-order valence-corrected chi connectivity index (χ2v) is 5.60. The fourth-order valence-corrected chi connectivity index (χ4v) is 2.85. The minimum atomic E-state index is -4.51. The molecule has 0 spiro atoms. The number of hydrogen-bond acceptors (Lipinski definition) is 4. The highest BCUT2D eigenvalue weighted by Gasteiger charge is 2.31. The van der Waals surface area contributed by atoms with Crippen molar-refractivity contribution in [2.45, 2.75) is 23.7 Å². The Hall–Kier alpha value is -1.20. The number of hydrogen-bond donors (Lipinski definition) is 0. The first kappa shape index (κ1) is 16.9. The third-order valence-corrected chi connectivity index (χ3v) is 3.36. The maximum absolute atomic E-state index is 12.5. The van der Waals surface area contributed by atoms with E-state index in [1.54, 1.807) is 13.0 Å². The highest BCUT2D eigenvalue weighted by Crippen LogP contribution is 2.40. The summed E-state index contributed by atoms with van der Waals surface area (Å²) in [4.78, 5) is 11.2. The molecule has 0 radical (unpaired) electrons. The Bertz CT molecular complexity index is 555. The van der Waals surface area contributed by atoms with Gasteiger partial charge in [0.25, 0.3) is 0 Å². The van der Waals surface area contributed by atoms with Crippen LogP contribution in [0.1, 0.15) is 18.1 Å². The van der Waals surface area contributed by atoms with E-state index in [2.05, 4.69) is 15.9 Å². The molecule has 0 heterocycles. The van der Waals surface area contributed by atoms with E-state index in [0.717, 1.165) is 0 Å². The number of benzene rings is 1. The fraction of sp³-hybridized carbons (Fsp3) is 0.333. The van der Waals surface area contributed by atoms with E-state index in [1.807, 2.05) is 0 Å². The molecule has 0 saturated heterocycles. The van der Waals surface area contributed by atoms with Gasteiger partial charge in [-0.05, 0) is 36.4 Å². The van der Waals surface area contributed by atoms with Gasteiger partial charge in [-0.15, -0.1) is 0 Å². The molecule has 0 aliphatic heterocycles. The summed E-state index contributed by atoms with van der Waals surface area (Å²) in [5.41, 5.74) is -4.47. The topological polar surface area (TPSA) is 50.1 Å². The van der Waals surface area contributed by atoms with Crippen LogP contribution in [0.25, 0.3) is 0 Å². The van der Waals surface area contributed by atoms with Crippen molar-refractivity contribution in [1.82, 2.24) is 0 Å². The lowest BCUT2D eigenvalue weighted by atomic mass is 10.1. The molecule has 3 nitrogen and oxygen atoms in total. The van der Waals surface area contributed by atoms with Gasteiger partial charge in [-0.2, -0.15) is 18.4 Å². The van der Waals surface area contributed by atoms with Gasteiger partial charge in [-0.3, -0.25) is 4.79 Å². The van der Waals surface area contributed by atoms with Crippen LogP contribution in [-0.2, 0) is 16.0 Å². The highest BCUT2D eigenvalue weighted by atomic mass is 79.9. The van der Waals surface area contributed by atoms with Gasteiger partial charge in [0.05, 0.1) is 18.6 Å². The molecule has 0 aromatic heterocycles. The number of rotatable bonds is 4. The Morgan fingerprint density at radius 1 is 1.50 bits per heavy atom. The van der Waals surface area contributed by atoms with Gasteiger partial charge in [0.2, 0.25) is 0 Å². The number of thioether (sulfide) groups is 1. The number of carbonyl (C=O) groups excluding carboxylic acids is 1. The molecular formula is C12H9BrF3NO2S. The first-order valence-electron chi connectivity index (χ1n) is 5.40. The van der Waals surface area contributed by atoms with Crippen molar-refractivity contribution in [2.24, 2.45) is 0 Å². The van der Waals surface area contributed by atoms with Crippen molar-refractivity contribution in [3.8, 4) is 6.07 Å². The molecule has 0 fully saturated rings. The lowest BCUT2D eigenvalue weighted by Crippen LogP contribution is -2.10. The number of esters is 1. The van der Waals surface area contributed by atoms with Crippen LogP contribution in [0.15, 0.2) is 21.5 Å². The second-order valence-electron chi connectivity index (χ2n) is 3.58. The van der Waals surface area contributed by atoms with Crippen molar-refractivity contribution in [3.63, 3.8) is 0 Å².